The van der Waals surface area contributed by atoms with Crippen LogP contribution in [0.1, 0.15) is 28.4 Å². The molecule has 0 radical (unpaired) electrons. The average molecular weight is 576 g/mol. The zero-order valence-corrected chi connectivity index (χ0v) is 23.3. The Bertz CT molecular complexity index is 1520. The molecule has 40 heavy (non-hydrogen) atoms. The Morgan fingerprint density at radius 1 is 0.875 bits per heavy atom. The number of hydrogen-bond donors (Lipinski definition) is 0. The Kier molecular flexibility index (Phi) is 6.67. The molecule has 0 aliphatic carbocycles. The van der Waals surface area contributed by atoms with Gasteiger partial charge in [-0.25, -0.2) is 0 Å². The van der Waals surface area contributed by atoms with Crippen molar-refractivity contribution in [2.24, 2.45) is 11.8 Å². The molecule has 3 aromatic carbocycles. The van der Waals surface area contributed by atoms with Gasteiger partial charge < -0.3 is 9.80 Å². The van der Waals surface area contributed by atoms with Gasteiger partial charge in [-0.1, -0.05) is 83.9 Å². The summed E-state index contributed by atoms with van der Waals surface area (Å²) in [6.45, 7) is 2.55. The van der Waals surface area contributed by atoms with E-state index in [1.54, 1.807) is 11.0 Å². The van der Waals surface area contributed by atoms with E-state index >= 15 is 0 Å². The number of benzene rings is 3. The highest BCUT2D eigenvalue weighted by Gasteiger charge is 2.75. The molecule has 6 rings (SSSR count). The molecule has 0 saturated carbocycles. The number of carbonyl (C=O) groups excluding carboxylic acids is 4. The van der Waals surface area contributed by atoms with Gasteiger partial charge in [0.2, 0.25) is 17.7 Å². The molecule has 2 bridgehead atoms. The van der Waals surface area contributed by atoms with Crippen LogP contribution >= 0.6 is 23.2 Å². The Balaban J connectivity index is 1.51. The zero-order chi connectivity index (χ0) is 28.2. The zero-order valence-electron chi connectivity index (χ0n) is 21.8. The first-order valence-electron chi connectivity index (χ1n) is 13.3. The maximum atomic E-state index is 14.5. The molecule has 4 amide bonds. The predicted octanol–water partition coefficient (Wildman–Crippen LogP) is 4.46. The summed E-state index contributed by atoms with van der Waals surface area (Å²) in [5.74, 6) is -3.39. The number of likely N-dealkylation sites (N-methyl/N-ethyl adjacent to an activating group) is 1. The van der Waals surface area contributed by atoms with E-state index in [2.05, 4.69) is 0 Å². The van der Waals surface area contributed by atoms with Crippen molar-refractivity contribution < 1.29 is 19.2 Å². The van der Waals surface area contributed by atoms with E-state index in [4.69, 9.17) is 23.2 Å². The van der Waals surface area contributed by atoms with Gasteiger partial charge in [-0.3, -0.25) is 24.1 Å². The number of nitrogens with zero attached hydrogens (tertiary/aromatic N) is 3. The van der Waals surface area contributed by atoms with Crippen molar-refractivity contribution in [1.29, 1.82) is 0 Å². The molecule has 3 fully saturated rings. The molecule has 0 unspecified atom stereocenters. The third-order valence-electron chi connectivity index (χ3n) is 8.46. The van der Waals surface area contributed by atoms with Crippen molar-refractivity contribution in [1.82, 2.24) is 14.7 Å². The predicted molar refractivity (Wildman–Crippen MR) is 151 cm³/mol. The monoisotopic (exact) mass is 575 g/mol. The molecule has 3 aromatic rings. The normalized spacial score (nSPS) is 25.5. The SMILES string of the molecule is CCN1C[C@@H]2[C@@H]3C(=O)N(Cc4ccccc4)C(=O)[C@@H]3[C@](Cc3ccccc3)(C1=O)N2C(=O)c1ccc(Cl)c(Cl)c1. The molecule has 0 N–H and O–H groups in total. The van der Waals surface area contributed by atoms with Gasteiger partial charge in [0.1, 0.15) is 5.54 Å². The van der Waals surface area contributed by atoms with Crippen LogP contribution in [0, 0.1) is 11.8 Å². The van der Waals surface area contributed by atoms with Crippen LogP contribution in [0.4, 0.5) is 0 Å². The van der Waals surface area contributed by atoms with Crippen molar-refractivity contribution in [3.8, 4) is 0 Å². The van der Waals surface area contributed by atoms with Crippen molar-refractivity contribution >= 4 is 46.8 Å². The summed E-state index contributed by atoms with van der Waals surface area (Å²) < 4.78 is 0. The van der Waals surface area contributed by atoms with E-state index < -0.39 is 35.2 Å². The number of likely N-dealkylation sites (tertiary alicyclic amines) is 2. The van der Waals surface area contributed by atoms with Crippen molar-refractivity contribution in [3.63, 3.8) is 0 Å². The van der Waals surface area contributed by atoms with Crippen LogP contribution in [-0.4, -0.2) is 63.0 Å². The van der Waals surface area contributed by atoms with Crippen LogP contribution < -0.4 is 0 Å². The molecule has 3 aliphatic heterocycles. The van der Waals surface area contributed by atoms with Gasteiger partial charge in [-0.2, -0.15) is 0 Å². The molecule has 3 heterocycles. The summed E-state index contributed by atoms with van der Waals surface area (Å²) in [6, 6.07) is 22.5. The third kappa shape index (κ3) is 3.94. The lowest BCUT2D eigenvalue weighted by Gasteiger charge is -2.49. The first kappa shape index (κ1) is 26.5. The summed E-state index contributed by atoms with van der Waals surface area (Å²) in [5.41, 5.74) is 0.279. The summed E-state index contributed by atoms with van der Waals surface area (Å²) in [4.78, 5) is 61.5. The highest BCUT2D eigenvalue weighted by molar-refractivity contribution is 6.42. The van der Waals surface area contributed by atoms with Gasteiger partial charge in [0.25, 0.3) is 5.91 Å². The van der Waals surface area contributed by atoms with E-state index in [0.717, 1.165) is 11.1 Å². The highest BCUT2D eigenvalue weighted by atomic mass is 35.5. The minimum absolute atomic E-state index is 0.103. The summed E-state index contributed by atoms with van der Waals surface area (Å²) in [6.07, 6.45) is 0.103. The Labute approximate surface area is 242 Å². The standard InChI is InChI=1S/C31H27Cl2N3O4/c1-2-34-18-24-25-26(29(39)35(28(25)38)17-20-11-7-4-8-12-20)31(30(34)40,16-19-9-5-3-6-10-19)36(24)27(37)21-13-14-22(32)23(33)15-21/h3-15,24-26H,2,16-18H2,1H3/t24-,25+,26-,31-/m1/s1. The fourth-order valence-corrected chi connectivity index (χ4v) is 7.03. The summed E-state index contributed by atoms with van der Waals surface area (Å²) >= 11 is 12.4. The Morgan fingerprint density at radius 3 is 2.15 bits per heavy atom. The second kappa shape index (κ2) is 10.1. The molecule has 3 aliphatic rings. The van der Waals surface area contributed by atoms with E-state index in [9.17, 15) is 19.2 Å². The van der Waals surface area contributed by atoms with Crippen LogP contribution in [0.5, 0.6) is 0 Å². The molecule has 0 spiro atoms. The molecule has 7 nitrogen and oxygen atoms in total. The molecule has 0 aromatic heterocycles. The molecular formula is C31H27Cl2N3O4. The number of amides is 4. The van der Waals surface area contributed by atoms with Gasteiger partial charge in [-0.05, 0) is 36.2 Å². The topological polar surface area (TPSA) is 78.0 Å². The fourth-order valence-electron chi connectivity index (χ4n) is 6.73. The third-order valence-corrected chi connectivity index (χ3v) is 9.20. The van der Waals surface area contributed by atoms with Gasteiger partial charge in [0.15, 0.2) is 0 Å². The maximum Gasteiger partial charge on any atom is 0.255 e. The quantitative estimate of drug-likeness (QED) is 0.406. The maximum absolute atomic E-state index is 14.5. The average Bonchev–Trinajstić information content (AvgIpc) is 3.34. The van der Waals surface area contributed by atoms with E-state index in [1.807, 2.05) is 67.6 Å². The van der Waals surface area contributed by atoms with Gasteiger partial charge in [0.05, 0.1) is 34.5 Å². The van der Waals surface area contributed by atoms with Crippen molar-refractivity contribution in [2.75, 3.05) is 13.1 Å². The molecule has 3 saturated heterocycles. The van der Waals surface area contributed by atoms with Gasteiger partial charge in [-0.15, -0.1) is 0 Å². The minimum atomic E-state index is -1.58. The molecule has 204 valence electrons. The Morgan fingerprint density at radius 2 is 1.52 bits per heavy atom. The van der Waals surface area contributed by atoms with E-state index in [1.165, 1.54) is 21.9 Å². The van der Waals surface area contributed by atoms with Crippen molar-refractivity contribution in [3.05, 3.63) is 106 Å². The van der Waals surface area contributed by atoms with Crippen LogP contribution in [0.3, 0.4) is 0 Å². The van der Waals surface area contributed by atoms with Crippen LogP contribution in [0.2, 0.25) is 10.0 Å². The smallest absolute Gasteiger partial charge is 0.255 e. The van der Waals surface area contributed by atoms with Gasteiger partial charge in [0, 0.05) is 25.1 Å². The summed E-state index contributed by atoms with van der Waals surface area (Å²) in [7, 11) is 0. The lowest BCUT2D eigenvalue weighted by molar-refractivity contribution is -0.156. The van der Waals surface area contributed by atoms with Crippen LogP contribution in [0.15, 0.2) is 78.9 Å². The summed E-state index contributed by atoms with van der Waals surface area (Å²) in [5, 5.41) is 0.503. The number of fused-ring (bicyclic) bond motifs is 5. The fraction of sp³-hybridized carbons (Fsp3) is 0.290. The second-order valence-corrected chi connectivity index (χ2v) is 11.4. The lowest BCUT2D eigenvalue weighted by Crippen LogP contribution is -2.70. The highest BCUT2D eigenvalue weighted by Crippen LogP contribution is 2.54. The number of imide groups is 1. The number of rotatable bonds is 6. The van der Waals surface area contributed by atoms with Crippen LogP contribution in [0.25, 0.3) is 0 Å². The number of halogens is 2. The largest absolute Gasteiger partial charge is 0.339 e. The molecule has 9 heteroatoms. The number of hydrogen-bond acceptors (Lipinski definition) is 4. The van der Waals surface area contributed by atoms with E-state index in [-0.39, 0.29) is 41.9 Å². The first-order valence-corrected chi connectivity index (χ1v) is 14.0. The molecule has 4 atom stereocenters. The lowest BCUT2D eigenvalue weighted by atomic mass is 9.75. The van der Waals surface area contributed by atoms with Crippen LogP contribution in [-0.2, 0) is 27.3 Å². The van der Waals surface area contributed by atoms with E-state index in [0.29, 0.717) is 11.6 Å². The second-order valence-electron chi connectivity index (χ2n) is 10.6. The first-order chi connectivity index (χ1) is 19.3. The number of piperazine rings is 1. The van der Waals surface area contributed by atoms with Crippen molar-refractivity contribution in [2.45, 2.75) is 31.5 Å². The van der Waals surface area contributed by atoms with Gasteiger partial charge >= 0.3 is 0 Å². The number of carbonyl (C=O) groups is 4. The minimum Gasteiger partial charge on any atom is -0.339 e. The molecular weight excluding hydrogens is 549 g/mol. The Hall–Kier alpha value is -3.68.